The molecule has 0 aromatic heterocycles. The number of imide groups is 2. The highest BCUT2D eigenvalue weighted by Crippen LogP contribution is 2.23. The van der Waals surface area contributed by atoms with Crippen LogP contribution in [0.1, 0.15) is 5.56 Å². The van der Waals surface area contributed by atoms with Gasteiger partial charge in [0.25, 0.3) is 0 Å². The first-order valence-corrected chi connectivity index (χ1v) is 4.91. The van der Waals surface area contributed by atoms with E-state index in [0.717, 1.165) is 4.90 Å². The molecule has 0 bridgehead atoms. The lowest BCUT2D eigenvalue weighted by Crippen LogP contribution is -2.31. The number of carbonyl (C=O) groups is 3. The van der Waals surface area contributed by atoms with Crippen LogP contribution in [0, 0.1) is 0 Å². The molecule has 6 nitrogen and oxygen atoms in total. The van der Waals surface area contributed by atoms with Crippen LogP contribution in [0.5, 0.6) is 0 Å². The summed E-state index contributed by atoms with van der Waals surface area (Å²) in [6.45, 7) is 0.251. The number of urea groups is 1. The van der Waals surface area contributed by atoms with Crippen molar-refractivity contribution in [2.45, 2.75) is 6.61 Å². The third-order valence-corrected chi connectivity index (χ3v) is 2.35. The number of methoxy groups -OCH3 is 1. The van der Waals surface area contributed by atoms with Crippen LogP contribution in [0.2, 0.25) is 0 Å². The van der Waals surface area contributed by atoms with E-state index in [2.05, 4.69) is 0 Å². The number of benzene rings is 1. The summed E-state index contributed by atoms with van der Waals surface area (Å²) in [7, 11) is 1.51. The third-order valence-electron chi connectivity index (χ3n) is 2.35. The molecule has 1 aliphatic rings. The van der Waals surface area contributed by atoms with Gasteiger partial charge in [-0.2, -0.15) is 0 Å². The van der Waals surface area contributed by atoms with Crippen LogP contribution in [0.15, 0.2) is 24.3 Å². The van der Waals surface area contributed by atoms with E-state index in [0.29, 0.717) is 11.3 Å². The van der Waals surface area contributed by atoms with Crippen LogP contribution in [0.25, 0.3) is 0 Å². The van der Waals surface area contributed by atoms with Gasteiger partial charge in [0.1, 0.15) is 0 Å². The fourth-order valence-electron chi connectivity index (χ4n) is 1.63. The normalized spacial score (nSPS) is 15.4. The molecule has 1 heterocycles. The summed E-state index contributed by atoms with van der Waals surface area (Å²) in [5.74, 6) is -1.79. The second-order valence-electron chi connectivity index (χ2n) is 3.46. The highest BCUT2D eigenvalue weighted by molar-refractivity contribution is 6.53. The molecule has 1 aliphatic heterocycles. The number of rotatable bonds is 3. The average molecular weight is 234 g/mol. The summed E-state index contributed by atoms with van der Waals surface area (Å²) >= 11 is 0. The molecule has 2 rings (SSSR count). The number of hydrogen-bond acceptors (Lipinski definition) is 4. The molecule has 0 atom stereocenters. The zero-order valence-corrected chi connectivity index (χ0v) is 9.10. The van der Waals surface area contributed by atoms with Crippen molar-refractivity contribution in [1.82, 2.24) is 5.32 Å². The first-order valence-electron chi connectivity index (χ1n) is 4.91. The van der Waals surface area contributed by atoms with E-state index < -0.39 is 17.8 Å². The minimum absolute atomic E-state index is 0.251. The van der Waals surface area contributed by atoms with Crippen molar-refractivity contribution in [1.29, 1.82) is 0 Å². The third kappa shape index (κ3) is 1.90. The maximum absolute atomic E-state index is 11.5. The van der Waals surface area contributed by atoms with E-state index in [4.69, 9.17) is 4.74 Å². The van der Waals surface area contributed by atoms with Crippen molar-refractivity contribution in [3.63, 3.8) is 0 Å². The molecule has 0 unspecified atom stereocenters. The number of para-hydroxylation sites is 1. The van der Waals surface area contributed by atoms with Crippen molar-refractivity contribution in [3.8, 4) is 0 Å². The predicted octanol–water partition coefficient (Wildman–Crippen LogP) is 0.416. The SMILES string of the molecule is COCc1ccccc1N1C(=O)NC(=O)C1=O. The molecule has 6 heteroatoms. The Bertz CT molecular complexity index is 498. The summed E-state index contributed by atoms with van der Waals surface area (Å²) in [6, 6.07) is 6.02. The van der Waals surface area contributed by atoms with E-state index >= 15 is 0 Å². The van der Waals surface area contributed by atoms with Crippen molar-refractivity contribution < 1.29 is 19.1 Å². The van der Waals surface area contributed by atoms with Crippen LogP contribution in [0.4, 0.5) is 10.5 Å². The lowest BCUT2D eigenvalue weighted by atomic mass is 10.1. The molecular weight excluding hydrogens is 224 g/mol. The topological polar surface area (TPSA) is 75.7 Å². The Kier molecular flexibility index (Phi) is 2.88. The monoisotopic (exact) mass is 234 g/mol. The molecule has 1 fully saturated rings. The number of anilines is 1. The van der Waals surface area contributed by atoms with Gasteiger partial charge < -0.3 is 4.74 Å². The van der Waals surface area contributed by atoms with Crippen molar-refractivity contribution in [2.24, 2.45) is 0 Å². The van der Waals surface area contributed by atoms with Crippen LogP contribution in [-0.2, 0) is 20.9 Å². The Hall–Kier alpha value is -2.21. The minimum atomic E-state index is -0.915. The second-order valence-corrected chi connectivity index (χ2v) is 3.46. The van der Waals surface area contributed by atoms with Gasteiger partial charge in [0, 0.05) is 12.7 Å². The van der Waals surface area contributed by atoms with Gasteiger partial charge in [-0.05, 0) is 6.07 Å². The van der Waals surface area contributed by atoms with Crippen molar-refractivity contribution in [2.75, 3.05) is 12.0 Å². The van der Waals surface area contributed by atoms with E-state index in [9.17, 15) is 14.4 Å². The number of hydrogen-bond donors (Lipinski definition) is 1. The molecule has 0 aliphatic carbocycles. The van der Waals surface area contributed by atoms with Gasteiger partial charge in [-0.3, -0.25) is 14.9 Å². The molecule has 88 valence electrons. The Morgan fingerprint density at radius 2 is 1.94 bits per heavy atom. The Morgan fingerprint density at radius 3 is 2.53 bits per heavy atom. The molecule has 1 N–H and O–H groups in total. The van der Waals surface area contributed by atoms with E-state index in [1.165, 1.54) is 7.11 Å². The number of carbonyl (C=O) groups excluding carboxylic acids is 3. The highest BCUT2D eigenvalue weighted by Gasteiger charge is 2.38. The van der Waals surface area contributed by atoms with Crippen LogP contribution < -0.4 is 10.2 Å². The average Bonchev–Trinajstić information content (AvgIpc) is 2.55. The minimum Gasteiger partial charge on any atom is -0.380 e. The standard InChI is InChI=1S/C11H10N2O4/c1-17-6-7-4-2-3-5-8(7)13-10(15)9(14)12-11(13)16/h2-5H,6H2,1H3,(H,12,14,16). The summed E-state index contributed by atoms with van der Waals surface area (Å²) < 4.78 is 4.97. The second kappa shape index (κ2) is 4.34. The first-order chi connectivity index (χ1) is 8.15. The van der Waals surface area contributed by atoms with Gasteiger partial charge in [-0.25, -0.2) is 9.69 Å². The highest BCUT2D eigenvalue weighted by atomic mass is 16.5. The van der Waals surface area contributed by atoms with Gasteiger partial charge in [0.15, 0.2) is 0 Å². The summed E-state index contributed by atoms with van der Waals surface area (Å²) in [5.41, 5.74) is 1.02. The molecule has 17 heavy (non-hydrogen) atoms. The molecule has 4 amide bonds. The zero-order chi connectivity index (χ0) is 12.4. The number of amides is 4. The quantitative estimate of drug-likeness (QED) is 0.607. The molecule has 0 spiro atoms. The lowest BCUT2D eigenvalue weighted by Gasteiger charge is -2.15. The Balaban J connectivity index is 2.43. The molecule has 0 saturated carbocycles. The van der Waals surface area contributed by atoms with Crippen LogP contribution >= 0.6 is 0 Å². The molecule has 1 aromatic carbocycles. The van der Waals surface area contributed by atoms with Gasteiger partial charge in [-0.1, -0.05) is 18.2 Å². The lowest BCUT2D eigenvalue weighted by molar-refractivity contribution is -0.134. The molecule has 1 saturated heterocycles. The first kappa shape index (κ1) is 11.3. The van der Waals surface area contributed by atoms with Gasteiger partial charge in [0.2, 0.25) is 0 Å². The van der Waals surface area contributed by atoms with Crippen molar-refractivity contribution >= 4 is 23.5 Å². The van der Waals surface area contributed by atoms with Gasteiger partial charge >= 0.3 is 17.8 Å². The van der Waals surface area contributed by atoms with Gasteiger partial charge in [0.05, 0.1) is 12.3 Å². The summed E-state index contributed by atoms with van der Waals surface area (Å²) in [6.07, 6.45) is 0. The van der Waals surface area contributed by atoms with Crippen LogP contribution in [-0.4, -0.2) is 25.0 Å². The number of ether oxygens (including phenoxy) is 1. The van der Waals surface area contributed by atoms with E-state index in [-0.39, 0.29) is 6.61 Å². The predicted molar refractivity (Wildman–Crippen MR) is 58.2 cm³/mol. The summed E-state index contributed by atoms with van der Waals surface area (Å²) in [5, 5.41) is 1.94. The number of nitrogens with zero attached hydrogens (tertiary/aromatic N) is 1. The molecule has 0 radical (unpaired) electrons. The fourth-order valence-corrected chi connectivity index (χ4v) is 1.63. The fraction of sp³-hybridized carbons (Fsp3) is 0.182. The van der Waals surface area contributed by atoms with E-state index in [1.807, 2.05) is 5.32 Å². The Morgan fingerprint density at radius 1 is 1.24 bits per heavy atom. The maximum atomic E-state index is 11.5. The Labute approximate surface area is 97.2 Å². The number of nitrogens with one attached hydrogen (secondary N) is 1. The van der Waals surface area contributed by atoms with Gasteiger partial charge in [-0.15, -0.1) is 0 Å². The largest absolute Gasteiger partial charge is 0.380 e. The molecular formula is C11H10N2O4. The van der Waals surface area contributed by atoms with E-state index in [1.54, 1.807) is 24.3 Å². The summed E-state index contributed by atoms with van der Waals surface area (Å²) in [4.78, 5) is 34.9. The molecule has 1 aromatic rings. The van der Waals surface area contributed by atoms with Crippen molar-refractivity contribution in [3.05, 3.63) is 29.8 Å². The van der Waals surface area contributed by atoms with Crippen LogP contribution in [0.3, 0.4) is 0 Å². The smallest absolute Gasteiger partial charge is 0.336 e. The zero-order valence-electron chi connectivity index (χ0n) is 9.10. The maximum Gasteiger partial charge on any atom is 0.336 e.